The predicted molar refractivity (Wildman–Crippen MR) is 128 cm³/mol. The number of nitrogens with two attached hydrogens (primary N) is 1. The first-order valence-corrected chi connectivity index (χ1v) is 11.0. The molecule has 0 aliphatic carbocycles. The molecule has 4 aromatic rings. The van der Waals surface area contributed by atoms with Crippen LogP contribution < -0.4 is 16.6 Å². The number of anilines is 1. The maximum absolute atomic E-state index is 13.3. The molecule has 0 saturated carbocycles. The molecule has 0 aliphatic rings. The summed E-state index contributed by atoms with van der Waals surface area (Å²) in [6.07, 6.45) is 0.0470. The van der Waals surface area contributed by atoms with Gasteiger partial charge in [0, 0.05) is 54.4 Å². The molecule has 0 unspecified atom stereocenters. The van der Waals surface area contributed by atoms with Crippen molar-refractivity contribution in [2.45, 2.75) is 25.7 Å². The summed E-state index contributed by atoms with van der Waals surface area (Å²) in [6.45, 7) is 0.0953. The van der Waals surface area contributed by atoms with Crippen LogP contribution in [0.2, 0.25) is 0 Å². The lowest BCUT2D eigenvalue weighted by Crippen LogP contribution is -2.25. The van der Waals surface area contributed by atoms with Crippen molar-refractivity contribution in [2.75, 3.05) is 5.73 Å². The maximum Gasteiger partial charge on any atom is 0.416 e. The number of hydrogen-bond donors (Lipinski definition) is 2. The zero-order valence-corrected chi connectivity index (χ0v) is 19.0. The number of alkyl halides is 3. The molecule has 0 saturated heterocycles. The van der Waals surface area contributed by atoms with Gasteiger partial charge in [-0.05, 0) is 35.4 Å². The molecule has 184 valence electrons. The number of nitrogens with one attached hydrogen (secondary N) is 1. The molecule has 3 aromatic heterocycles. The Kier molecular flexibility index (Phi) is 7.14. The van der Waals surface area contributed by atoms with Crippen molar-refractivity contribution in [3.63, 3.8) is 0 Å². The average molecular weight is 493 g/mol. The fourth-order valence-electron chi connectivity index (χ4n) is 3.66. The van der Waals surface area contributed by atoms with Gasteiger partial charge in [-0.2, -0.15) is 13.2 Å². The van der Waals surface area contributed by atoms with Crippen LogP contribution >= 0.6 is 0 Å². The van der Waals surface area contributed by atoms with E-state index in [9.17, 15) is 22.8 Å². The molecule has 7 nitrogen and oxygen atoms in total. The molecule has 0 bridgehead atoms. The number of nitrogens with zero attached hydrogens (tertiary/aromatic N) is 3. The molecule has 10 heteroatoms. The molecule has 0 atom stereocenters. The standard InChI is InChI=1S/C26H22F3N5O2/c27-26(28,29)22-13-23(30)32-14-20(22)15-33-25(36)19-8-9-31-21(12-19)11-17-4-6-18(7-5-17)16-34-10-2-1-3-24(34)35/h1-10,12-14H,11,15-16H2,(H2,30,32)(H,33,36). The number of aromatic nitrogens is 3. The van der Waals surface area contributed by atoms with Crippen molar-refractivity contribution in [2.24, 2.45) is 0 Å². The number of pyridine rings is 3. The molecular weight excluding hydrogens is 471 g/mol. The lowest BCUT2D eigenvalue weighted by atomic mass is 10.1. The second kappa shape index (κ2) is 10.4. The van der Waals surface area contributed by atoms with E-state index in [1.54, 1.807) is 29.0 Å². The maximum atomic E-state index is 13.3. The highest BCUT2D eigenvalue weighted by Gasteiger charge is 2.33. The number of rotatable bonds is 7. The van der Waals surface area contributed by atoms with E-state index in [-0.39, 0.29) is 29.0 Å². The quantitative estimate of drug-likeness (QED) is 0.408. The van der Waals surface area contributed by atoms with Crippen molar-refractivity contribution in [3.05, 3.63) is 123 Å². The summed E-state index contributed by atoms with van der Waals surface area (Å²) in [5.74, 6) is -0.787. The smallest absolute Gasteiger partial charge is 0.384 e. The van der Waals surface area contributed by atoms with E-state index in [4.69, 9.17) is 5.73 Å². The first-order valence-electron chi connectivity index (χ1n) is 11.0. The van der Waals surface area contributed by atoms with Crippen molar-refractivity contribution in [1.82, 2.24) is 19.9 Å². The molecule has 4 rings (SSSR count). The Balaban J connectivity index is 1.41. The highest BCUT2D eigenvalue weighted by atomic mass is 19.4. The van der Waals surface area contributed by atoms with E-state index in [0.717, 1.165) is 23.4 Å². The molecule has 0 radical (unpaired) electrons. The third-order valence-electron chi connectivity index (χ3n) is 5.49. The summed E-state index contributed by atoms with van der Waals surface area (Å²) in [7, 11) is 0. The van der Waals surface area contributed by atoms with Crippen LogP contribution in [0.25, 0.3) is 0 Å². The summed E-state index contributed by atoms with van der Waals surface area (Å²) in [5.41, 5.74) is 6.99. The van der Waals surface area contributed by atoms with Crippen molar-refractivity contribution < 1.29 is 18.0 Å². The van der Waals surface area contributed by atoms with E-state index in [2.05, 4.69) is 15.3 Å². The Labute approximate surface area is 204 Å². The molecule has 0 spiro atoms. The SMILES string of the molecule is Nc1cc(C(F)(F)F)c(CNC(=O)c2ccnc(Cc3ccc(Cn4ccccc4=O)cc3)c2)cn1. The minimum absolute atomic E-state index is 0.0804. The van der Waals surface area contributed by atoms with Crippen LogP contribution in [0.3, 0.4) is 0 Å². The fraction of sp³-hybridized carbons (Fsp3) is 0.154. The van der Waals surface area contributed by atoms with Gasteiger partial charge in [-0.15, -0.1) is 0 Å². The Morgan fingerprint density at radius 1 is 1.00 bits per heavy atom. The van der Waals surface area contributed by atoms with Gasteiger partial charge >= 0.3 is 6.18 Å². The fourth-order valence-corrected chi connectivity index (χ4v) is 3.66. The molecule has 1 aromatic carbocycles. The van der Waals surface area contributed by atoms with Gasteiger partial charge in [0.15, 0.2) is 0 Å². The number of amides is 1. The largest absolute Gasteiger partial charge is 0.416 e. The molecule has 1 amide bonds. The normalized spacial score (nSPS) is 11.3. The van der Waals surface area contributed by atoms with Gasteiger partial charge in [0.25, 0.3) is 11.5 Å². The summed E-state index contributed by atoms with van der Waals surface area (Å²) in [4.78, 5) is 32.5. The highest BCUT2D eigenvalue weighted by molar-refractivity contribution is 5.94. The number of hydrogen-bond acceptors (Lipinski definition) is 5. The van der Waals surface area contributed by atoms with Gasteiger partial charge in [-0.3, -0.25) is 14.6 Å². The summed E-state index contributed by atoms with van der Waals surface area (Å²) < 4.78 is 41.4. The van der Waals surface area contributed by atoms with Crippen molar-refractivity contribution >= 4 is 11.7 Å². The minimum atomic E-state index is -4.62. The summed E-state index contributed by atoms with van der Waals surface area (Å²) in [5, 5.41) is 2.50. The third-order valence-corrected chi connectivity index (χ3v) is 5.49. The van der Waals surface area contributed by atoms with Crippen LogP contribution in [0.1, 0.15) is 38.3 Å². The zero-order valence-electron chi connectivity index (χ0n) is 19.0. The van der Waals surface area contributed by atoms with Crippen LogP contribution in [-0.2, 0) is 25.7 Å². The molecule has 36 heavy (non-hydrogen) atoms. The Morgan fingerprint density at radius 2 is 1.75 bits per heavy atom. The van der Waals surface area contributed by atoms with E-state index >= 15 is 0 Å². The molecule has 3 N–H and O–H groups in total. The van der Waals surface area contributed by atoms with Crippen molar-refractivity contribution in [3.8, 4) is 0 Å². The van der Waals surface area contributed by atoms with Gasteiger partial charge in [0.05, 0.1) is 12.1 Å². The number of carbonyl (C=O) groups is 1. The van der Waals surface area contributed by atoms with Gasteiger partial charge in [0.1, 0.15) is 5.82 Å². The van der Waals surface area contributed by atoms with Crippen LogP contribution in [0.5, 0.6) is 0 Å². The lowest BCUT2D eigenvalue weighted by Gasteiger charge is -2.14. The molecule has 0 fully saturated rings. The second-order valence-corrected chi connectivity index (χ2v) is 8.14. The van der Waals surface area contributed by atoms with Crippen LogP contribution in [0.4, 0.5) is 19.0 Å². The van der Waals surface area contributed by atoms with Crippen LogP contribution in [0, 0.1) is 0 Å². The van der Waals surface area contributed by atoms with E-state index in [0.29, 0.717) is 18.7 Å². The average Bonchev–Trinajstić information content (AvgIpc) is 2.85. The number of benzene rings is 1. The van der Waals surface area contributed by atoms with Crippen molar-refractivity contribution in [1.29, 1.82) is 0 Å². The van der Waals surface area contributed by atoms with Gasteiger partial charge in [-0.1, -0.05) is 30.3 Å². The first-order chi connectivity index (χ1) is 17.2. The first kappa shape index (κ1) is 24.6. The third kappa shape index (κ3) is 6.15. The van der Waals surface area contributed by atoms with Crippen LogP contribution in [0.15, 0.2) is 84.0 Å². The Morgan fingerprint density at radius 3 is 2.47 bits per heavy atom. The van der Waals surface area contributed by atoms with Gasteiger partial charge < -0.3 is 15.6 Å². The highest BCUT2D eigenvalue weighted by Crippen LogP contribution is 2.32. The topological polar surface area (TPSA) is 103 Å². The van der Waals surface area contributed by atoms with E-state index in [1.807, 2.05) is 24.3 Å². The number of halogens is 3. The number of carbonyl (C=O) groups excluding carboxylic acids is 1. The van der Waals surface area contributed by atoms with Crippen LogP contribution in [-0.4, -0.2) is 20.4 Å². The van der Waals surface area contributed by atoms with Gasteiger partial charge in [-0.25, -0.2) is 4.98 Å². The molecule has 0 aliphatic heterocycles. The zero-order chi connectivity index (χ0) is 25.7. The second-order valence-electron chi connectivity index (χ2n) is 8.14. The summed E-state index contributed by atoms with van der Waals surface area (Å²) in [6, 6.07) is 16.5. The lowest BCUT2D eigenvalue weighted by molar-refractivity contribution is -0.138. The Hall–Kier alpha value is -4.47. The predicted octanol–water partition coefficient (Wildman–Crippen LogP) is 3.81. The Bertz CT molecular complexity index is 1430. The number of nitrogen functional groups attached to an aromatic ring is 1. The molecule has 3 heterocycles. The summed E-state index contributed by atoms with van der Waals surface area (Å²) >= 11 is 0. The van der Waals surface area contributed by atoms with Gasteiger partial charge in [0.2, 0.25) is 0 Å². The minimum Gasteiger partial charge on any atom is -0.384 e. The molecular formula is C26H22F3N5O2. The van der Waals surface area contributed by atoms with E-state index in [1.165, 1.54) is 18.3 Å². The van der Waals surface area contributed by atoms with E-state index < -0.39 is 17.6 Å². The monoisotopic (exact) mass is 493 g/mol.